The summed E-state index contributed by atoms with van der Waals surface area (Å²) in [6, 6.07) is 24.6. The van der Waals surface area contributed by atoms with Crippen molar-refractivity contribution >= 4 is 40.0 Å². The largest absolute Gasteiger partial charge is 0.488 e. The summed E-state index contributed by atoms with van der Waals surface area (Å²) < 4.78 is 19.5. The van der Waals surface area contributed by atoms with Crippen molar-refractivity contribution in [3.8, 4) is 11.8 Å². The Morgan fingerprint density at radius 3 is 2.68 bits per heavy atom. The third kappa shape index (κ3) is 5.25. The topological polar surface area (TPSA) is 62.1 Å². The van der Waals surface area contributed by atoms with Crippen molar-refractivity contribution in [2.75, 3.05) is 5.32 Å². The summed E-state index contributed by atoms with van der Waals surface area (Å²) in [5, 5.41) is 14.7. The molecule has 34 heavy (non-hydrogen) atoms. The molecular weight excluding hydrogens is 451 g/mol. The van der Waals surface area contributed by atoms with Gasteiger partial charge in [0.15, 0.2) is 0 Å². The van der Waals surface area contributed by atoms with Crippen LogP contribution in [0.2, 0.25) is 5.02 Å². The Labute approximate surface area is 201 Å². The van der Waals surface area contributed by atoms with Gasteiger partial charge in [-0.05, 0) is 65.2 Å². The van der Waals surface area contributed by atoms with E-state index >= 15 is 0 Å². The molecule has 0 atom stereocenters. The van der Waals surface area contributed by atoms with E-state index in [4.69, 9.17) is 16.3 Å². The van der Waals surface area contributed by atoms with Crippen molar-refractivity contribution in [1.29, 1.82) is 5.26 Å². The van der Waals surface area contributed by atoms with E-state index in [0.29, 0.717) is 27.6 Å². The van der Waals surface area contributed by atoms with Crippen LogP contribution in [0.3, 0.4) is 0 Å². The Morgan fingerprint density at radius 1 is 1.09 bits per heavy atom. The van der Waals surface area contributed by atoms with Gasteiger partial charge in [-0.2, -0.15) is 5.26 Å². The standard InChI is InChI=1S/C28H20ClFN2O2/c1-18-9-11-23(15-26(18)29)32-28(33)21(16-31)14-25-24-8-3-2-6-20(24)10-12-27(25)34-17-19-5-4-7-22(30)13-19/h2-15H,17H2,1H3,(H,32,33)/b21-14+. The molecule has 0 fully saturated rings. The average Bonchev–Trinajstić information content (AvgIpc) is 2.83. The fraction of sp³-hybridized carbons (Fsp3) is 0.0714. The fourth-order valence-corrected chi connectivity index (χ4v) is 3.68. The van der Waals surface area contributed by atoms with E-state index in [0.717, 1.165) is 16.3 Å². The van der Waals surface area contributed by atoms with Gasteiger partial charge in [-0.25, -0.2) is 4.39 Å². The molecule has 0 unspecified atom stereocenters. The van der Waals surface area contributed by atoms with Crippen molar-refractivity contribution in [1.82, 2.24) is 0 Å². The minimum absolute atomic E-state index is 0.0938. The van der Waals surface area contributed by atoms with E-state index in [9.17, 15) is 14.4 Å². The summed E-state index contributed by atoms with van der Waals surface area (Å²) >= 11 is 6.15. The molecule has 6 heteroatoms. The number of nitrogens with zero attached hydrogens (tertiary/aromatic N) is 1. The smallest absolute Gasteiger partial charge is 0.266 e. The number of rotatable bonds is 6. The molecule has 0 heterocycles. The molecule has 4 aromatic carbocycles. The second-order valence-electron chi connectivity index (χ2n) is 7.71. The zero-order valence-corrected chi connectivity index (χ0v) is 19.1. The van der Waals surface area contributed by atoms with Crippen molar-refractivity contribution in [3.63, 3.8) is 0 Å². The molecule has 4 rings (SSSR count). The summed E-state index contributed by atoms with van der Waals surface area (Å²) in [6.45, 7) is 1.99. The minimum atomic E-state index is -0.563. The van der Waals surface area contributed by atoms with E-state index in [1.54, 1.807) is 36.4 Å². The highest BCUT2D eigenvalue weighted by Crippen LogP contribution is 2.31. The van der Waals surface area contributed by atoms with Crippen LogP contribution in [0.5, 0.6) is 5.75 Å². The number of nitriles is 1. The summed E-state index contributed by atoms with van der Waals surface area (Å²) in [5.74, 6) is -0.437. The Kier molecular flexibility index (Phi) is 6.91. The lowest BCUT2D eigenvalue weighted by atomic mass is 10.0. The van der Waals surface area contributed by atoms with Gasteiger partial charge in [-0.15, -0.1) is 0 Å². The number of amides is 1. The van der Waals surface area contributed by atoms with Gasteiger partial charge >= 0.3 is 0 Å². The lowest BCUT2D eigenvalue weighted by Gasteiger charge is -2.13. The third-order valence-electron chi connectivity index (χ3n) is 5.30. The van der Waals surface area contributed by atoms with Crippen molar-refractivity contribution in [2.24, 2.45) is 0 Å². The number of carbonyl (C=O) groups excluding carboxylic acids is 1. The number of fused-ring (bicyclic) bond motifs is 1. The second kappa shape index (κ2) is 10.2. The van der Waals surface area contributed by atoms with Crippen LogP contribution < -0.4 is 10.1 Å². The van der Waals surface area contributed by atoms with Crippen LogP contribution in [-0.4, -0.2) is 5.91 Å². The zero-order chi connectivity index (χ0) is 24.1. The predicted molar refractivity (Wildman–Crippen MR) is 133 cm³/mol. The lowest BCUT2D eigenvalue weighted by Crippen LogP contribution is -2.13. The van der Waals surface area contributed by atoms with E-state index in [1.165, 1.54) is 18.2 Å². The molecule has 0 bridgehead atoms. The van der Waals surface area contributed by atoms with E-state index in [2.05, 4.69) is 5.32 Å². The van der Waals surface area contributed by atoms with Gasteiger partial charge in [0.1, 0.15) is 29.8 Å². The van der Waals surface area contributed by atoms with E-state index in [-0.39, 0.29) is 18.0 Å². The molecule has 4 aromatic rings. The fourth-order valence-electron chi connectivity index (χ4n) is 3.50. The molecule has 168 valence electrons. The molecule has 0 aromatic heterocycles. The van der Waals surface area contributed by atoms with Crippen LogP contribution >= 0.6 is 11.6 Å². The summed E-state index contributed by atoms with van der Waals surface area (Å²) in [4.78, 5) is 12.9. The Balaban J connectivity index is 1.69. The number of anilines is 1. The molecule has 1 amide bonds. The predicted octanol–water partition coefficient (Wildman–Crippen LogP) is 7.07. The van der Waals surface area contributed by atoms with Gasteiger partial charge in [-0.3, -0.25) is 4.79 Å². The molecular formula is C28H20ClFN2O2. The van der Waals surface area contributed by atoms with Crippen LogP contribution in [0.1, 0.15) is 16.7 Å². The number of aryl methyl sites for hydroxylation is 1. The molecule has 0 aliphatic rings. The molecule has 0 aliphatic carbocycles. The highest BCUT2D eigenvalue weighted by Gasteiger charge is 2.14. The first-order valence-corrected chi connectivity index (χ1v) is 10.9. The number of ether oxygens (including phenoxy) is 1. The zero-order valence-electron chi connectivity index (χ0n) is 18.3. The maximum atomic E-state index is 13.6. The van der Waals surface area contributed by atoms with Gasteiger partial charge in [0.2, 0.25) is 0 Å². The highest BCUT2D eigenvalue weighted by molar-refractivity contribution is 6.31. The summed E-state index contributed by atoms with van der Waals surface area (Å²) in [6.07, 6.45) is 1.51. The second-order valence-corrected chi connectivity index (χ2v) is 8.11. The third-order valence-corrected chi connectivity index (χ3v) is 5.70. The van der Waals surface area contributed by atoms with Crippen LogP contribution in [0, 0.1) is 24.1 Å². The number of nitrogens with one attached hydrogen (secondary N) is 1. The van der Waals surface area contributed by atoms with Crippen LogP contribution in [0.4, 0.5) is 10.1 Å². The van der Waals surface area contributed by atoms with Crippen LogP contribution in [0.25, 0.3) is 16.8 Å². The normalized spacial score (nSPS) is 11.2. The maximum Gasteiger partial charge on any atom is 0.266 e. The number of benzene rings is 4. The van der Waals surface area contributed by atoms with Gasteiger partial charge in [0, 0.05) is 16.3 Å². The monoisotopic (exact) mass is 470 g/mol. The van der Waals surface area contributed by atoms with Gasteiger partial charge in [0.25, 0.3) is 5.91 Å². The molecule has 1 N–H and O–H groups in total. The SMILES string of the molecule is Cc1ccc(NC(=O)/C(C#N)=C/c2c(OCc3cccc(F)c3)ccc3ccccc23)cc1Cl. The Hall–Kier alpha value is -4.14. The first kappa shape index (κ1) is 23.0. The van der Waals surface area contributed by atoms with Gasteiger partial charge < -0.3 is 10.1 Å². The number of hydrogen-bond donors (Lipinski definition) is 1. The molecule has 4 nitrogen and oxygen atoms in total. The Morgan fingerprint density at radius 2 is 1.91 bits per heavy atom. The van der Waals surface area contributed by atoms with E-state index < -0.39 is 5.91 Å². The molecule has 0 spiro atoms. The lowest BCUT2D eigenvalue weighted by molar-refractivity contribution is -0.112. The van der Waals surface area contributed by atoms with Crippen LogP contribution in [-0.2, 0) is 11.4 Å². The first-order chi connectivity index (χ1) is 16.4. The summed E-state index contributed by atoms with van der Waals surface area (Å²) in [5.41, 5.74) is 2.53. The van der Waals surface area contributed by atoms with E-state index in [1.807, 2.05) is 43.3 Å². The van der Waals surface area contributed by atoms with Gasteiger partial charge in [0.05, 0.1) is 0 Å². The molecule has 0 saturated carbocycles. The first-order valence-electron chi connectivity index (χ1n) is 10.5. The number of carbonyl (C=O) groups is 1. The van der Waals surface area contributed by atoms with Gasteiger partial charge in [-0.1, -0.05) is 60.1 Å². The number of hydrogen-bond acceptors (Lipinski definition) is 3. The quantitative estimate of drug-likeness (QED) is 0.242. The molecule has 0 saturated heterocycles. The van der Waals surface area contributed by atoms with Crippen molar-refractivity contribution in [3.05, 3.63) is 112 Å². The maximum absolute atomic E-state index is 13.6. The average molecular weight is 471 g/mol. The summed E-state index contributed by atoms with van der Waals surface area (Å²) in [7, 11) is 0. The minimum Gasteiger partial charge on any atom is -0.488 e. The molecule has 0 radical (unpaired) electrons. The Bertz CT molecular complexity index is 1460. The highest BCUT2D eigenvalue weighted by atomic mass is 35.5. The number of halogens is 2. The van der Waals surface area contributed by atoms with Crippen LogP contribution in [0.15, 0.2) is 84.4 Å². The van der Waals surface area contributed by atoms with Crippen molar-refractivity contribution < 1.29 is 13.9 Å². The molecule has 0 aliphatic heterocycles. The van der Waals surface area contributed by atoms with Crippen molar-refractivity contribution in [2.45, 2.75) is 13.5 Å².